The minimum absolute atomic E-state index is 0.0388. The fourth-order valence-electron chi connectivity index (χ4n) is 2.09. The molecule has 1 amide bonds. The number of amides is 1. The summed E-state index contributed by atoms with van der Waals surface area (Å²) >= 11 is 1.89. The molecule has 1 unspecified atom stereocenters. The van der Waals surface area contributed by atoms with Crippen molar-refractivity contribution in [3.05, 3.63) is 29.8 Å². The molecule has 1 saturated heterocycles. The maximum atomic E-state index is 12.3. The number of carbonyl (C=O) groups excluding carboxylic acids is 1. The van der Waals surface area contributed by atoms with Crippen LogP contribution in [-0.2, 0) is 4.79 Å². The molecule has 20 heavy (non-hydrogen) atoms. The van der Waals surface area contributed by atoms with E-state index in [0.717, 1.165) is 31.0 Å². The van der Waals surface area contributed by atoms with E-state index in [4.69, 9.17) is 10.00 Å². The largest absolute Gasteiger partial charge is 0.481 e. The Hall–Kier alpha value is -1.67. The van der Waals surface area contributed by atoms with Crippen molar-refractivity contribution in [2.75, 3.05) is 24.6 Å². The van der Waals surface area contributed by atoms with E-state index in [1.807, 2.05) is 16.7 Å². The Bertz CT molecular complexity index is 488. The first-order valence-corrected chi connectivity index (χ1v) is 7.89. The van der Waals surface area contributed by atoms with Gasteiger partial charge in [0.1, 0.15) is 5.75 Å². The number of carbonyl (C=O) groups is 1. The molecule has 1 aliphatic heterocycles. The Balaban J connectivity index is 1.94. The highest BCUT2D eigenvalue weighted by molar-refractivity contribution is 7.99. The quantitative estimate of drug-likeness (QED) is 0.857. The van der Waals surface area contributed by atoms with E-state index in [2.05, 4.69) is 6.07 Å². The van der Waals surface area contributed by atoms with Crippen molar-refractivity contribution in [1.82, 2.24) is 4.90 Å². The fourth-order valence-corrected chi connectivity index (χ4v) is 2.97. The molecular weight excluding hydrogens is 272 g/mol. The van der Waals surface area contributed by atoms with Gasteiger partial charge in [0.2, 0.25) is 0 Å². The smallest absolute Gasteiger partial charge is 0.263 e. The highest BCUT2D eigenvalue weighted by Gasteiger charge is 2.22. The molecule has 1 aromatic carbocycles. The van der Waals surface area contributed by atoms with Crippen LogP contribution in [0.15, 0.2) is 24.3 Å². The van der Waals surface area contributed by atoms with Crippen LogP contribution in [0.1, 0.15) is 18.9 Å². The molecule has 4 nitrogen and oxygen atoms in total. The van der Waals surface area contributed by atoms with Gasteiger partial charge < -0.3 is 9.64 Å². The molecule has 0 N–H and O–H groups in total. The highest BCUT2D eigenvalue weighted by Crippen LogP contribution is 2.16. The van der Waals surface area contributed by atoms with Crippen LogP contribution in [0, 0.1) is 11.3 Å². The summed E-state index contributed by atoms with van der Waals surface area (Å²) in [6.45, 7) is 3.38. The molecule has 0 bridgehead atoms. The number of hydrogen-bond donors (Lipinski definition) is 0. The molecule has 0 aromatic heterocycles. The third-order valence-corrected chi connectivity index (χ3v) is 4.23. The first-order chi connectivity index (χ1) is 9.70. The summed E-state index contributed by atoms with van der Waals surface area (Å²) in [6.07, 6.45) is 0.547. The number of nitrogens with zero attached hydrogens (tertiary/aromatic N) is 2. The van der Waals surface area contributed by atoms with Gasteiger partial charge in [0.15, 0.2) is 6.10 Å². The van der Waals surface area contributed by atoms with Crippen molar-refractivity contribution < 1.29 is 9.53 Å². The fraction of sp³-hybridized carbons (Fsp3) is 0.467. The predicted molar refractivity (Wildman–Crippen MR) is 79.8 cm³/mol. The summed E-state index contributed by atoms with van der Waals surface area (Å²) in [4.78, 5) is 14.2. The van der Waals surface area contributed by atoms with Crippen molar-refractivity contribution in [3.8, 4) is 11.8 Å². The second-order valence-corrected chi connectivity index (χ2v) is 5.91. The number of benzene rings is 1. The zero-order chi connectivity index (χ0) is 14.4. The maximum Gasteiger partial charge on any atom is 0.263 e. The van der Waals surface area contributed by atoms with Crippen LogP contribution in [0.3, 0.4) is 0 Å². The lowest BCUT2D eigenvalue weighted by Gasteiger charge is -2.24. The molecule has 1 aliphatic rings. The summed E-state index contributed by atoms with van der Waals surface area (Å²) in [5.74, 6) is 2.77. The minimum Gasteiger partial charge on any atom is -0.481 e. The topological polar surface area (TPSA) is 53.3 Å². The molecule has 0 aliphatic carbocycles. The molecular formula is C15H18N2O2S. The number of thioether (sulfide) groups is 1. The van der Waals surface area contributed by atoms with Crippen LogP contribution in [0.5, 0.6) is 5.75 Å². The van der Waals surface area contributed by atoms with Crippen LogP contribution >= 0.6 is 11.8 Å². The Labute approximate surface area is 123 Å². The van der Waals surface area contributed by atoms with Crippen molar-refractivity contribution in [2.24, 2.45) is 0 Å². The zero-order valence-corrected chi connectivity index (χ0v) is 12.4. The Kier molecular flexibility index (Phi) is 5.31. The standard InChI is InChI=1S/C15H18N2O2S/c1-12(15(18)17-7-2-9-20-10-8-17)19-14-5-3-13(11-16)4-6-14/h3-6,12H,2,7-10H2,1H3. The molecule has 5 heteroatoms. The lowest BCUT2D eigenvalue weighted by molar-refractivity contribution is -0.137. The monoisotopic (exact) mass is 290 g/mol. The second-order valence-electron chi connectivity index (χ2n) is 4.69. The van der Waals surface area contributed by atoms with Crippen LogP contribution in [0.4, 0.5) is 0 Å². The van der Waals surface area contributed by atoms with Gasteiger partial charge in [0.05, 0.1) is 11.6 Å². The van der Waals surface area contributed by atoms with Gasteiger partial charge in [-0.2, -0.15) is 17.0 Å². The summed E-state index contributed by atoms with van der Waals surface area (Å²) in [6, 6.07) is 8.88. The van der Waals surface area contributed by atoms with E-state index in [9.17, 15) is 4.79 Å². The van der Waals surface area contributed by atoms with Gasteiger partial charge in [-0.3, -0.25) is 4.79 Å². The second kappa shape index (κ2) is 7.20. The van der Waals surface area contributed by atoms with Gasteiger partial charge >= 0.3 is 0 Å². The summed E-state index contributed by atoms with van der Waals surface area (Å²) in [5, 5.41) is 8.74. The molecule has 106 valence electrons. The Morgan fingerprint density at radius 2 is 2.10 bits per heavy atom. The van der Waals surface area contributed by atoms with Gasteiger partial charge in [-0.25, -0.2) is 0 Å². The van der Waals surface area contributed by atoms with Gasteiger partial charge in [0.25, 0.3) is 5.91 Å². The predicted octanol–water partition coefficient (Wildman–Crippen LogP) is 2.29. The van der Waals surface area contributed by atoms with Crippen LogP contribution in [-0.4, -0.2) is 41.5 Å². The molecule has 0 radical (unpaired) electrons. The van der Waals surface area contributed by atoms with Gasteiger partial charge in [-0.05, 0) is 43.4 Å². The van der Waals surface area contributed by atoms with E-state index >= 15 is 0 Å². The van der Waals surface area contributed by atoms with Gasteiger partial charge in [-0.15, -0.1) is 0 Å². The Morgan fingerprint density at radius 1 is 1.35 bits per heavy atom. The molecule has 1 heterocycles. The number of rotatable bonds is 3. The van der Waals surface area contributed by atoms with E-state index in [0.29, 0.717) is 11.3 Å². The highest BCUT2D eigenvalue weighted by atomic mass is 32.2. The zero-order valence-electron chi connectivity index (χ0n) is 11.5. The summed E-state index contributed by atoms with van der Waals surface area (Å²) in [5.41, 5.74) is 0.584. The summed E-state index contributed by atoms with van der Waals surface area (Å²) in [7, 11) is 0. The van der Waals surface area contributed by atoms with Crippen LogP contribution in [0.25, 0.3) is 0 Å². The van der Waals surface area contributed by atoms with E-state index in [-0.39, 0.29) is 5.91 Å². The summed E-state index contributed by atoms with van der Waals surface area (Å²) < 4.78 is 5.66. The van der Waals surface area contributed by atoms with E-state index < -0.39 is 6.10 Å². The van der Waals surface area contributed by atoms with Crippen molar-refractivity contribution in [3.63, 3.8) is 0 Å². The number of nitriles is 1. The number of ether oxygens (including phenoxy) is 1. The van der Waals surface area contributed by atoms with E-state index in [1.54, 1.807) is 31.2 Å². The third-order valence-electron chi connectivity index (χ3n) is 3.18. The average molecular weight is 290 g/mol. The van der Waals surface area contributed by atoms with Crippen LogP contribution in [0.2, 0.25) is 0 Å². The number of hydrogen-bond acceptors (Lipinski definition) is 4. The van der Waals surface area contributed by atoms with E-state index in [1.165, 1.54) is 0 Å². The first kappa shape index (κ1) is 14.7. The normalized spacial score (nSPS) is 16.9. The van der Waals surface area contributed by atoms with Gasteiger partial charge in [0, 0.05) is 18.8 Å². The molecule has 1 fully saturated rings. The molecule has 2 rings (SSSR count). The van der Waals surface area contributed by atoms with Gasteiger partial charge in [-0.1, -0.05) is 0 Å². The molecule has 1 atom stereocenters. The van der Waals surface area contributed by atoms with Crippen molar-refractivity contribution >= 4 is 17.7 Å². The minimum atomic E-state index is -0.494. The third kappa shape index (κ3) is 3.91. The van der Waals surface area contributed by atoms with Crippen molar-refractivity contribution in [2.45, 2.75) is 19.4 Å². The first-order valence-electron chi connectivity index (χ1n) is 6.74. The SMILES string of the molecule is CC(Oc1ccc(C#N)cc1)C(=O)N1CCCSCC1. The lowest BCUT2D eigenvalue weighted by Crippen LogP contribution is -2.41. The lowest BCUT2D eigenvalue weighted by atomic mass is 10.2. The van der Waals surface area contributed by atoms with Crippen LogP contribution < -0.4 is 4.74 Å². The molecule has 1 aromatic rings. The van der Waals surface area contributed by atoms with Crippen molar-refractivity contribution in [1.29, 1.82) is 5.26 Å². The molecule has 0 saturated carbocycles. The Morgan fingerprint density at radius 3 is 2.80 bits per heavy atom. The molecule has 0 spiro atoms. The maximum absolute atomic E-state index is 12.3. The average Bonchev–Trinajstić information content (AvgIpc) is 2.76.